The molecule has 2 heteroatoms. The molecule has 0 aromatic carbocycles. The first-order chi connectivity index (χ1) is 4.97. The number of ether oxygens (including phenoxy) is 2. The number of rotatable bonds is 1. The van der Waals surface area contributed by atoms with E-state index in [1.165, 1.54) is 0 Å². The third-order valence-electron chi connectivity index (χ3n) is 1.91. The van der Waals surface area contributed by atoms with Crippen molar-refractivity contribution in [2.75, 3.05) is 6.61 Å². The molecule has 2 nitrogen and oxygen atoms in total. The highest BCUT2D eigenvalue weighted by molar-refractivity contribution is 4.99. The van der Waals surface area contributed by atoms with Gasteiger partial charge in [-0.2, -0.15) is 0 Å². The Morgan fingerprint density at radius 3 is 2.90 bits per heavy atom. The quantitative estimate of drug-likeness (QED) is 0.546. The van der Waals surface area contributed by atoms with Crippen molar-refractivity contribution in [2.45, 2.75) is 12.5 Å². The van der Waals surface area contributed by atoms with Crippen LogP contribution in [0.3, 0.4) is 0 Å². The van der Waals surface area contributed by atoms with Crippen LogP contribution < -0.4 is 0 Å². The molecule has 0 N–H and O–H groups in total. The van der Waals surface area contributed by atoms with E-state index in [0.29, 0.717) is 12.0 Å². The summed E-state index contributed by atoms with van der Waals surface area (Å²) >= 11 is 0. The van der Waals surface area contributed by atoms with E-state index in [4.69, 9.17) is 9.47 Å². The lowest BCUT2D eigenvalue weighted by Gasteiger charge is -2.14. The Balaban J connectivity index is 1.93. The van der Waals surface area contributed by atoms with Crippen LogP contribution in [0.15, 0.2) is 24.7 Å². The minimum absolute atomic E-state index is 0.332. The van der Waals surface area contributed by atoms with Crippen molar-refractivity contribution >= 4 is 0 Å². The maximum Gasteiger partial charge on any atom is 0.111 e. The summed E-state index contributed by atoms with van der Waals surface area (Å²) in [5.41, 5.74) is 0. The fourth-order valence-corrected chi connectivity index (χ4v) is 1.29. The predicted molar refractivity (Wildman–Crippen MR) is 37.2 cm³/mol. The summed E-state index contributed by atoms with van der Waals surface area (Å²) in [6.07, 6.45) is 9.01. The lowest BCUT2D eigenvalue weighted by Crippen LogP contribution is -2.18. The highest BCUT2D eigenvalue weighted by atomic mass is 16.5. The maximum absolute atomic E-state index is 5.33. The van der Waals surface area contributed by atoms with Crippen LogP contribution in [-0.4, -0.2) is 12.7 Å². The lowest BCUT2D eigenvalue weighted by molar-refractivity contribution is 0.103. The van der Waals surface area contributed by atoms with Gasteiger partial charge in [0.05, 0.1) is 25.0 Å². The first-order valence-electron chi connectivity index (χ1n) is 3.55. The SMILES string of the molecule is C1=COC(C2C=COC2)C1. The summed E-state index contributed by atoms with van der Waals surface area (Å²) in [4.78, 5) is 0. The summed E-state index contributed by atoms with van der Waals surface area (Å²) < 4.78 is 10.4. The van der Waals surface area contributed by atoms with Gasteiger partial charge in [-0.3, -0.25) is 0 Å². The second kappa shape index (κ2) is 2.37. The molecule has 10 heavy (non-hydrogen) atoms. The molecule has 0 aliphatic carbocycles. The molecule has 2 aliphatic heterocycles. The summed E-state index contributed by atoms with van der Waals surface area (Å²) in [5.74, 6) is 0.468. The highest BCUT2D eigenvalue weighted by Gasteiger charge is 2.24. The molecule has 0 saturated heterocycles. The monoisotopic (exact) mass is 138 g/mol. The molecule has 0 fully saturated rings. The molecule has 0 saturated carbocycles. The zero-order valence-electron chi connectivity index (χ0n) is 5.69. The van der Waals surface area contributed by atoms with Gasteiger partial charge < -0.3 is 9.47 Å². The van der Waals surface area contributed by atoms with Crippen LogP contribution >= 0.6 is 0 Å². The number of hydrogen-bond acceptors (Lipinski definition) is 2. The van der Waals surface area contributed by atoms with Gasteiger partial charge in [-0.25, -0.2) is 0 Å². The summed E-state index contributed by atoms with van der Waals surface area (Å²) in [6, 6.07) is 0. The van der Waals surface area contributed by atoms with Crippen molar-refractivity contribution in [1.82, 2.24) is 0 Å². The lowest BCUT2D eigenvalue weighted by atomic mass is 10.0. The fourth-order valence-electron chi connectivity index (χ4n) is 1.29. The molecule has 2 rings (SSSR count). The van der Waals surface area contributed by atoms with Gasteiger partial charge in [-0.05, 0) is 12.2 Å². The molecule has 0 bridgehead atoms. The minimum atomic E-state index is 0.332. The van der Waals surface area contributed by atoms with Crippen LogP contribution in [0.2, 0.25) is 0 Å². The molecule has 2 atom stereocenters. The molecule has 2 unspecified atom stereocenters. The van der Waals surface area contributed by atoms with Crippen LogP contribution in [0.4, 0.5) is 0 Å². The molecule has 0 aromatic rings. The molecule has 0 amide bonds. The second-order valence-electron chi connectivity index (χ2n) is 2.61. The molecule has 0 spiro atoms. The first kappa shape index (κ1) is 5.83. The van der Waals surface area contributed by atoms with Gasteiger partial charge in [0, 0.05) is 6.42 Å². The van der Waals surface area contributed by atoms with Crippen molar-refractivity contribution in [3.63, 3.8) is 0 Å². The van der Waals surface area contributed by atoms with E-state index in [0.717, 1.165) is 13.0 Å². The van der Waals surface area contributed by atoms with Gasteiger partial charge in [0.2, 0.25) is 0 Å². The summed E-state index contributed by atoms with van der Waals surface area (Å²) in [6.45, 7) is 0.784. The standard InChI is InChI=1S/C8H10O2/c1-2-8(10-4-1)7-3-5-9-6-7/h1,3-5,7-8H,2,6H2. The van der Waals surface area contributed by atoms with Crippen LogP contribution in [-0.2, 0) is 9.47 Å². The van der Waals surface area contributed by atoms with Crippen LogP contribution in [0.1, 0.15) is 6.42 Å². The smallest absolute Gasteiger partial charge is 0.111 e. The van der Waals surface area contributed by atoms with Crippen LogP contribution in [0, 0.1) is 5.92 Å². The first-order valence-corrected chi connectivity index (χ1v) is 3.55. The zero-order chi connectivity index (χ0) is 6.81. The molecule has 2 aliphatic rings. The maximum atomic E-state index is 5.33. The Labute approximate surface area is 60.1 Å². The Morgan fingerprint density at radius 1 is 1.30 bits per heavy atom. The highest BCUT2D eigenvalue weighted by Crippen LogP contribution is 2.22. The van der Waals surface area contributed by atoms with E-state index in [2.05, 4.69) is 12.2 Å². The summed E-state index contributed by atoms with van der Waals surface area (Å²) in [7, 11) is 0. The molecule has 54 valence electrons. The van der Waals surface area contributed by atoms with Gasteiger partial charge in [0.25, 0.3) is 0 Å². The Morgan fingerprint density at radius 2 is 2.30 bits per heavy atom. The summed E-state index contributed by atoms with van der Waals surface area (Å²) in [5, 5.41) is 0. The largest absolute Gasteiger partial charge is 0.501 e. The average molecular weight is 138 g/mol. The minimum Gasteiger partial charge on any atom is -0.501 e. The van der Waals surface area contributed by atoms with E-state index in [9.17, 15) is 0 Å². The van der Waals surface area contributed by atoms with Crippen molar-refractivity contribution in [3.05, 3.63) is 24.7 Å². The van der Waals surface area contributed by atoms with E-state index in [-0.39, 0.29) is 0 Å². The molecule has 2 heterocycles. The van der Waals surface area contributed by atoms with Crippen LogP contribution in [0.5, 0.6) is 0 Å². The molecule has 0 aromatic heterocycles. The van der Waals surface area contributed by atoms with Gasteiger partial charge in [-0.15, -0.1) is 0 Å². The van der Waals surface area contributed by atoms with Crippen LogP contribution in [0.25, 0.3) is 0 Å². The number of hydrogen-bond donors (Lipinski definition) is 0. The topological polar surface area (TPSA) is 18.5 Å². The third-order valence-corrected chi connectivity index (χ3v) is 1.91. The van der Waals surface area contributed by atoms with Crippen molar-refractivity contribution in [1.29, 1.82) is 0 Å². The second-order valence-corrected chi connectivity index (χ2v) is 2.61. The predicted octanol–water partition coefficient (Wildman–Crippen LogP) is 1.45. The van der Waals surface area contributed by atoms with Gasteiger partial charge in [0.1, 0.15) is 6.10 Å². The Bertz CT molecular complexity index is 164. The average Bonchev–Trinajstić information content (AvgIpc) is 2.59. The van der Waals surface area contributed by atoms with E-state index in [1.54, 1.807) is 12.5 Å². The molecular weight excluding hydrogens is 128 g/mol. The van der Waals surface area contributed by atoms with Crippen molar-refractivity contribution in [2.24, 2.45) is 5.92 Å². The van der Waals surface area contributed by atoms with Gasteiger partial charge in [0.15, 0.2) is 0 Å². The zero-order valence-corrected chi connectivity index (χ0v) is 5.69. The van der Waals surface area contributed by atoms with E-state index in [1.807, 2.05) is 0 Å². The van der Waals surface area contributed by atoms with Gasteiger partial charge in [-0.1, -0.05) is 0 Å². The van der Waals surface area contributed by atoms with E-state index < -0.39 is 0 Å². The van der Waals surface area contributed by atoms with Crippen molar-refractivity contribution in [3.8, 4) is 0 Å². The molecule has 0 radical (unpaired) electrons. The van der Waals surface area contributed by atoms with E-state index >= 15 is 0 Å². The third kappa shape index (κ3) is 0.897. The van der Waals surface area contributed by atoms with Crippen molar-refractivity contribution < 1.29 is 9.47 Å². The van der Waals surface area contributed by atoms with Gasteiger partial charge >= 0.3 is 0 Å². The Hall–Kier alpha value is -0.920. The Kier molecular flexibility index (Phi) is 1.38. The molecular formula is C8H10O2. The normalized spacial score (nSPS) is 36.0. The fraction of sp³-hybridized carbons (Fsp3) is 0.500.